The molecule has 0 bridgehead atoms. The van der Waals surface area contributed by atoms with Crippen molar-refractivity contribution in [2.75, 3.05) is 5.32 Å². The Hall–Kier alpha value is -2.54. The van der Waals surface area contributed by atoms with Gasteiger partial charge in [0.15, 0.2) is 0 Å². The zero-order chi connectivity index (χ0) is 15.8. The third-order valence-corrected chi connectivity index (χ3v) is 4.90. The van der Waals surface area contributed by atoms with Gasteiger partial charge in [0.1, 0.15) is 0 Å². The van der Waals surface area contributed by atoms with Crippen LogP contribution in [0.25, 0.3) is 11.1 Å². The predicted molar refractivity (Wildman–Crippen MR) is 97.9 cm³/mol. The summed E-state index contributed by atoms with van der Waals surface area (Å²) in [7, 11) is 0. The van der Waals surface area contributed by atoms with Gasteiger partial charge in [0.25, 0.3) is 0 Å². The van der Waals surface area contributed by atoms with E-state index < -0.39 is 0 Å². The Kier molecular flexibility index (Phi) is 3.42. The smallest absolute Gasteiger partial charge is 0.0555 e. The standard InChI is InChI=1S/C22H21N/c1-15-8-9-16(2)22-20(15)14-21(23-22)19-12-10-18(11-13-19)17-6-4-3-5-7-17/h3-13,21,23H,14H2,1-2H3. The Morgan fingerprint density at radius 3 is 2.09 bits per heavy atom. The topological polar surface area (TPSA) is 12.0 Å². The molecule has 1 nitrogen and oxygen atoms in total. The van der Waals surface area contributed by atoms with Gasteiger partial charge in [-0.15, -0.1) is 0 Å². The summed E-state index contributed by atoms with van der Waals surface area (Å²) in [5.74, 6) is 0. The number of hydrogen-bond donors (Lipinski definition) is 1. The van der Waals surface area contributed by atoms with Crippen molar-refractivity contribution in [2.45, 2.75) is 26.3 Å². The molecule has 0 saturated carbocycles. The Morgan fingerprint density at radius 2 is 1.39 bits per heavy atom. The first-order valence-corrected chi connectivity index (χ1v) is 8.23. The maximum Gasteiger partial charge on any atom is 0.0555 e. The summed E-state index contributed by atoms with van der Waals surface area (Å²) in [4.78, 5) is 0. The molecule has 1 heteroatoms. The van der Waals surface area contributed by atoms with E-state index in [0.717, 1.165) is 6.42 Å². The lowest BCUT2D eigenvalue weighted by Gasteiger charge is -2.13. The van der Waals surface area contributed by atoms with E-state index in [2.05, 4.69) is 85.9 Å². The van der Waals surface area contributed by atoms with Gasteiger partial charge >= 0.3 is 0 Å². The van der Waals surface area contributed by atoms with Gasteiger partial charge in [-0.2, -0.15) is 0 Å². The van der Waals surface area contributed by atoms with Gasteiger partial charge < -0.3 is 5.32 Å². The van der Waals surface area contributed by atoms with Crippen molar-refractivity contribution >= 4 is 5.69 Å². The van der Waals surface area contributed by atoms with Crippen molar-refractivity contribution in [3.05, 3.63) is 89.0 Å². The van der Waals surface area contributed by atoms with Crippen LogP contribution in [0, 0.1) is 13.8 Å². The molecule has 4 rings (SSSR count). The van der Waals surface area contributed by atoms with Crippen molar-refractivity contribution in [1.82, 2.24) is 0 Å². The van der Waals surface area contributed by atoms with E-state index in [0.29, 0.717) is 6.04 Å². The number of benzene rings is 3. The molecule has 1 N–H and O–H groups in total. The number of nitrogens with one attached hydrogen (secondary N) is 1. The van der Waals surface area contributed by atoms with E-state index in [-0.39, 0.29) is 0 Å². The molecule has 23 heavy (non-hydrogen) atoms. The second kappa shape index (κ2) is 5.58. The third kappa shape index (κ3) is 2.53. The lowest BCUT2D eigenvalue weighted by Crippen LogP contribution is -2.05. The molecule has 114 valence electrons. The summed E-state index contributed by atoms with van der Waals surface area (Å²) in [5.41, 5.74) is 9.45. The van der Waals surface area contributed by atoms with Crippen LogP contribution >= 0.6 is 0 Å². The summed E-state index contributed by atoms with van der Waals surface area (Å²) in [6.07, 6.45) is 1.08. The third-order valence-electron chi connectivity index (χ3n) is 4.90. The van der Waals surface area contributed by atoms with Crippen LogP contribution in [0.3, 0.4) is 0 Å². The van der Waals surface area contributed by atoms with Crippen molar-refractivity contribution in [3.63, 3.8) is 0 Å². The summed E-state index contributed by atoms with van der Waals surface area (Å²) < 4.78 is 0. The molecule has 1 heterocycles. The first-order valence-electron chi connectivity index (χ1n) is 8.23. The minimum absolute atomic E-state index is 0.384. The zero-order valence-corrected chi connectivity index (χ0v) is 13.6. The van der Waals surface area contributed by atoms with Crippen molar-refractivity contribution in [2.24, 2.45) is 0 Å². The van der Waals surface area contributed by atoms with Gasteiger partial charge in [-0.1, -0.05) is 66.7 Å². The molecular weight excluding hydrogens is 278 g/mol. The quantitative estimate of drug-likeness (QED) is 0.642. The second-order valence-electron chi connectivity index (χ2n) is 6.44. The average Bonchev–Trinajstić information content (AvgIpc) is 3.06. The van der Waals surface area contributed by atoms with Gasteiger partial charge in [0.05, 0.1) is 6.04 Å². The van der Waals surface area contributed by atoms with Crippen LogP contribution < -0.4 is 5.32 Å². The molecule has 0 radical (unpaired) electrons. The molecule has 3 aromatic carbocycles. The highest BCUT2D eigenvalue weighted by atomic mass is 15.0. The zero-order valence-electron chi connectivity index (χ0n) is 13.6. The molecule has 3 aromatic rings. The molecule has 1 unspecified atom stereocenters. The van der Waals surface area contributed by atoms with Crippen LogP contribution in [0.1, 0.15) is 28.3 Å². The highest BCUT2D eigenvalue weighted by Crippen LogP contribution is 2.38. The minimum Gasteiger partial charge on any atom is -0.377 e. The van der Waals surface area contributed by atoms with Crippen molar-refractivity contribution in [3.8, 4) is 11.1 Å². The molecule has 0 saturated heterocycles. The number of anilines is 1. The first kappa shape index (κ1) is 14.1. The Balaban J connectivity index is 1.61. The molecule has 0 aliphatic carbocycles. The summed E-state index contributed by atoms with van der Waals surface area (Å²) in [5, 5.41) is 3.72. The molecule has 1 aliphatic rings. The largest absolute Gasteiger partial charge is 0.377 e. The highest BCUT2D eigenvalue weighted by Gasteiger charge is 2.24. The van der Waals surface area contributed by atoms with E-state index in [9.17, 15) is 0 Å². The van der Waals surface area contributed by atoms with Crippen molar-refractivity contribution < 1.29 is 0 Å². The first-order chi connectivity index (χ1) is 11.2. The fourth-order valence-electron chi connectivity index (χ4n) is 3.50. The number of fused-ring (bicyclic) bond motifs is 1. The summed E-state index contributed by atoms with van der Waals surface area (Å²) >= 11 is 0. The fraction of sp³-hybridized carbons (Fsp3) is 0.182. The molecule has 0 fully saturated rings. The molecule has 0 amide bonds. The maximum atomic E-state index is 3.72. The average molecular weight is 299 g/mol. The lowest BCUT2D eigenvalue weighted by molar-refractivity contribution is 0.821. The van der Waals surface area contributed by atoms with Crippen LogP contribution in [0.5, 0.6) is 0 Å². The van der Waals surface area contributed by atoms with Crippen LogP contribution in [0.2, 0.25) is 0 Å². The second-order valence-corrected chi connectivity index (χ2v) is 6.44. The van der Waals surface area contributed by atoms with Gasteiger partial charge in [0, 0.05) is 5.69 Å². The number of rotatable bonds is 2. The molecule has 1 atom stereocenters. The molecular formula is C22H21N. The van der Waals surface area contributed by atoms with Gasteiger partial charge in [-0.25, -0.2) is 0 Å². The van der Waals surface area contributed by atoms with E-state index in [1.807, 2.05) is 0 Å². The predicted octanol–water partition coefficient (Wildman–Crippen LogP) is 5.68. The highest BCUT2D eigenvalue weighted by molar-refractivity contribution is 5.67. The van der Waals surface area contributed by atoms with Crippen LogP contribution in [-0.2, 0) is 6.42 Å². The summed E-state index contributed by atoms with van der Waals surface area (Å²) in [6.45, 7) is 4.40. The van der Waals surface area contributed by atoms with E-state index in [4.69, 9.17) is 0 Å². The molecule has 1 aliphatic heterocycles. The van der Waals surface area contributed by atoms with Crippen LogP contribution in [0.15, 0.2) is 66.7 Å². The maximum absolute atomic E-state index is 3.72. The normalized spacial score (nSPS) is 16.0. The van der Waals surface area contributed by atoms with Crippen molar-refractivity contribution in [1.29, 1.82) is 0 Å². The minimum atomic E-state index is 0.384. The molecule has 0 aromatic heterocycles. The fourth-order valence-corrected chi connectivity index (χ4v) is 3.50. The van der Waals surface area contributed by atoms with Crippen LogP contribution in [0.4, 0.5) is 5.69 Å². The Bertz CT molecular complexity index is 801. The number of hydrogen-bond acceptors (Lipinski definition) is 1. The van der Waals surface area contributed by atoms with E-state index in [1.54, 1.807) is 0 Å². The Morgan fingerprint density at radius 1 is 0.739 bits per heavy atom. The number of aryl methyl sites for hydroxylation is 2. The van der Waals surface area contributed by atoms with Crippen LogP contribution in [-0.4, -0.2) is 0 Å². The van der Waals surface area contributed by atoms with E-state index in [1.165, 1.54) is 39.1 Å². The van der Waals surface area contributed by atoms with Gasteiger partial charge in [-0.3, -0.25) is 0 Å². The molecule has 0 spiro atoms. The SMILES string of the molecule is Cc1ccc(C)c2c1CC(c1ccc(-c3ccccc3)cc1)N2. The Labute approximate surface area is 138 Å². The summed E-state index contributed by atoms with van der Waals surface area (Å²) in [6, 6.07) is 24.4. The van der Waals surface area contributed by atoms with E-state index >= 15 is 0 Å². The monoisotopic (exact) mass is 299 g/mol. The van der Waals surface area contributed by atoms with Gasteiger partial charge in [0.2, 0.25) is 0 Å². The lowest BCUT2D eigenvalue weighted by atomic mass is 9.97. The van der Waals surface area contributed by atoms with Gasteiger partial charge in [-0.05, 0) is 53.6 Å².